The highest BCUT2D eigenvalue weighted by Gasteiger charge is 2.19. The van der Waals surface area contributed by atoms with Crippen LogP contribution in [0, 0.1) is 13.8 Å². The van der Waals surface area contributed by atoms with Gasteiger partial charge in [-0.2, -0.15) is 5.10 Å². The van der Waals surface area contributed by atoms with Crippen molar-refractivity contribution in [3.05, 3.63) is 34.5 Å². The summed E-state index contributed by atoms with van der Waals surface area (Å²) < 4.78 is 3.63. The van der Waals surface area contributed by atoms with Crippen LogP contribution >= 0.6 is 11.6 Å². The van der Waals surface area contributed by atoms with Gasteiger partial charge in [0.1, 0.15) is 5.52 Å². The largest absolute Gasteiger partial charge is 0.369 e. The Hall–Kier alpha value is -2.01. The molecule has 3 rings (SSSR count). The lowest BCUT2D eigenvalue weighted by atomic mass is 10.2. The first-order valence-corrected chi connectivity index (χ1v) is 6.31. The Labute approximate surface area is 115 Å². The van der Waals surface area contributed by atoms with Gasteiger partial charge < -0.3 is 5.73 Å². The highest BCUT2D eigenvalue weighted by Crippen LogP contribution is 2.31. The smallest absolute Gasteiger partial charge is 0.207 e. The second-order valence-electron chi connectivity index (χ2n) is 4.59. The molecule has 0 spiro atoms. The molecular weight excluding hydrogens is 262 g/mol. The molecule has 3 aromatic rings. The van der Waals surface area contributed by atoms with Crippen molar-refractivity contribution < 1.29 is 0 Å². The standard InChI is InChI=1S/C13H14ClN5/c1-7-5-4-6-9(14)11(7)19-12-10(16-13(19)15)8(2)17-18(12)3/h4-6H,1-3H3,(H2,15,16). The fraction of sp³-hybridized carbons (Fsp3) is 0.231. The summed E-state index contributed by atoms with van der Waals surface area (Å²) in [6.45, 7) is 3.91. The normalized spacial score (nSPS) is 11.4. The van der Waals surface area contributed by atoms with E-state index in [9.17, 15) is 0 Å². The van der Waals surface area contributed by atoms with E-state index in [1.807, 2.05) is 43.7 Å². The molecular formula is C13H14ClN5. The van der Waals surface area contributed by atoms with Crippen LogP contribution in [0.4, 0.5) is 5.95 Å². The number of para-hydroxylation sites is 1. The van der Waals surface area contributed by atoms with Gasteiger partial charge in [-0.15, -0.1) is 0 Å². The zero-order valence-electron chi connectivity index (χ0n) is 11.0. The van der Waals surface area contributed by atoms with Gasteiger partial charge in [-0.25, -0.2) is 9.67 Å². The zero-order valence-corrected chi connectivity index (χ0v) is 11.7. The Morgan fingerprint density at radius 2 is 2.00 bits per heavy atom. The highest BCUT2D eigenvalue weighted by atomic mass is 35.5. The molecule has 0 amide bonds. The molecule has 98 valence electrons. The third-order valence-corrected chi connectivity index (χ3v) is 3.55. The van der Waals surface area contributed by atoms with Crippen molar-refractivity contribution in [1.29, 1.82) is 0 Å². The molecule has 0 unspecified atom stereocenters. The van der Waals surface area contributed by atoms with Crippen molar-refractivity contribution in [2.75, 3.05) is 5.73 Å². The maximum absolute atomic E-state index is 6.32. The van der Waals surface area contributed by atoms with E-state index >= 15 is 0 Å². The summed E-state index contributed by atoms with van der Waals surface area (Å²) in [7, 11) is 1.87. The molecule has 5 nitrogen and oxygen atoms in total. The van der Waals surface area contributed by atoms with Gasteiger partial charge in [0.2, 0.25) is 5.95 Å². The van der Waals surface area contributed by atoms with Gasteiger partial charge in [0.15, 0.2) is 5.65 Å². The van der Waals surface area contributed by atoms with Crippen LogP contribution in [0.2, 0.25) is 5.02 Å². The number of halogens is 1. The minimum absolute atomic E-state index is 0.419. The van der Waals surface area contributed by atoms with Crippen LogP contribution in [0.25, 0.3) is 16.9 Å². The summed E-state index contributed by atoms with van der Waals surface area (Å²) in [6, 6.07) is 5.76. The van der Waals surface area contributed by atoms with Crippen molar-refractivity contribution in [2.45, 2.75) is 13.8 Å². The second kappa shape index (κ2) is 3.99. The third-order valence-electron chi connectivity index (χ3n) is 3.24. The Bertz CT molecular complexity index is 764. The van der Waals surface area contributed by atoms with Crippen LogP contribution in [-0.2, 0) is 7.05 Å². The summed E-state index contributed by atoms with van der Waals surface area (Å²) in [6.07, 6.45) is 0. The van der Waals surface area contributed by atoms with Crippen molar-refractivity contribution in [3.63, 3.8) is 0 Å². The molecule has 2 heterocycles. The molecule has 2 N–H and O–H groups in total. The summed E-state index contributed by atoms with van der Waals surface area (Å²) in [5.41, 5.74) is 10.5. The molecule has 0 aliphatic carbocycles. The number of aromatic nitrogens is 4. The second-order valence-corrected chi connectivity index (χ2v) is 5.00. The predicted octanol–water partition coefficient (Wildman–Crippen LogP) is 2.61. The maximum atomic E-state index is 6.32. The minimum atomic E-state index is 0.419. The summed E-state index contributed by atoms with van der Waals surface area (Å²) in [4.78, 5) is 4.39. The number of fused-ring (bicyclic) bond motifs is 1. The van der Waals surface area contributed by atoms with Gasteiger partial charge in [0.25, 0.3) is 0 Å². The van der Waals surface area contributed by atoms with Crippen LogP contribution in [0.5, 0.6) is 0 Å². The van der Waals surface area contributed by atoms with Crippen LogP contribution in [0.3, 0.4) is 0 Å². The molecule has 0 fully saturated rings. The van der Waals surface area contributed by atoms with Crippen molar-refractivity contribution in [1.82, 2.24) is 19.3 Å². The van der Waals surface area contributed by atoms with Crippen LogP contribution < -0.4 is 5.73 Å². The fourth-order valence-corrected chi connectivity index (χ4v) is 2.72. The number of imidazole rings is 1. The SMILES string of the molecule is Cc1cccc(Cl)c1-n1c(N)nc2c(C)nn(C)c21. The number of nitrogen functional groups attached to an aromatic ring is 1. The van der Waals surface area contributed by atoms with E-state index in [4.69, 9.17) is 17.3 Å². The molecule has 0 bridgehead atoms. The Kier molecular flexibility index (Phi) is 2.53. The van der Waals surface area contributed by atoms with Crippen molar-refractivity contribution in [2.24, 2.45) is 7.05 Å². The zero-order chi connectivity index (χ0) is 13.7. The first-order valence-electron chi connectivity index (χ1n) is 5.93. The Balaban J connectivity index is 2.46. The number of benzene rings is 1. The van der Waals surface area contributed by atoms with Gasteiger partial charge >= 0.3 is 0 Å². The quantitative estimate of drug-likeness (QED) is 0.742. The molecule has 0 radical (unpaired) electrons. The molecule has 6 heteroatoms. The van der Waals surface area contributed by atoms with Crippen LogP contribution in [0.1, 0.15) is 11.3 Å². The summed E-state index contributed by atoms with van der Waals surface area (Å²) >= 11 is 6.32. The van der Waals surface area contributed by atoms with E-state index in [0.717, 1.165) is 28.1 Å². The van der Waals surface area contributed by atoms with E-state index < -0.39 is 0 Å². The lowest BCUT2D eigenvalue weighted by Gasteiger charge is -2.12. The number of anilines is 1. The maximum Gasteiger partial charge on any atom is 0.207 e. The van der Waals surface area contributed by atoms with E-state index in [1.165, 1.54) is 0 Å². The topological polar surface area (TPSA) is 61.7 Å². The number of rotatable bonds is 1. The van der Waals surface area contributed by atoms with Crippen molar-refractivity contribution in [3.8, 4) is 5.69 Å². The molecule has 0 aliphatic rings. The molecule has 0 atom stereocenters. The van der Waals surface area contributed by atoms with Crippen LogP contribution in [0.15, 0.2) is 18.2 Å². The van der Waals surface area contributed by atoms with E-state index in [1.54, 1.807) is 4.68 Å². The van der Waals surface area contributed by atoms with Gasteiger partial charge in [0.05, 0.1) is 16.4 Å². The third kappa shape index (κ3) is 1.62. The van der Waals surface area contributed by atoms with Crippen molar-refractivity contribution >= 4 is 28.7 Å². The van der Waals surface area contributed by atoms with Gasteiger partial charge in [0, 0.05) is 7.05 Å². The van der Waals surface area contributed by atoms with E-state index in [-0.39, 0.29) is 0 Å². The lowest BCUT2D eigenvalue weighted by Crippen LogP contribution is -2.06. The highest BCUT2D eigenvalue weighted by molar-refractivity contribution is 6.32. The predicted molar refractivity (Wildman–Crippen MR) is 76.7 cm³/mol. The summed E-state index contributed by atoms with van der Waals surface area (Å²) in [5, 5.41) is 5.01. The Morgan fingerprint density at radius 1 is 1.26 bits per heavy atom. The molecule has 0 saturated heterocycles. The average Bonchev–Trinajstić information content (AvgIpc) is 2.79. The van der Waals surface area contributed by atoms with E-state index in [0.29, 0.717) is 11.0 Å². The Morgan fingerprint density at radius 3 is 2.68 bits per heavy atom. The summed E-state index contributed by atoms with van der Waals surface area (Å²) in [5.74, 6) is 0.419. The number of hydrogen-bond donors (Lipinski definition) is 1. The molecule has 0 saturated carbocycles. The number of aryl methyl sites for hydroxylation is 3. The fourth-order valence-electron chi connectivity index (χ4n) is 2.42. The number of nitrogens with zero attached hydrogens (tertiary/aromatic N) is 4. The molecule has 0 aliphatic heterocycles. The number of nitrogens with two attached hydrogens (primary N) is 1. The number of hydrogen-bond acceptors (Lipinski definition) is 3. The van der Waals surface area contributed by atoms with Gasteiger partial charge in [-0.1, -0.05) is 23.7 Å². The molecule has 19 heavy (non-hydrogen) atoms. The average molecular weight is 276 g/mol. The van der Waals surface area contributed by atoms with Gasteiger partial charge in [-0.3, -0.25) is 4.57 Å². The first-order chi connectivity index (χ1) is 9.00. The van der Waals surface area contributed by atoms with Crippen LogP contribution in [-0.4, -0.2) is 19.3 Å². The monoisotopic (exact) mass is 275 g/mol. The molecule has 2 aromatic heterocycles. The first kappa shape index (κ1) is 12.0. The van der Waals surface area contributed by atoms with E-state index in [2.05, 4.69) is 10.1 Å². The lowest BCUT2D eigenvalue weighted by molar-refractivity contribution is 0.762. The minimum Gasteiger partial charge on any atom is -0.369 e. The molecule has 1 aromatic carbocycles. The van der Waals surface area contributed by atoms with Gasteiger partial charge in [-0.05, 0) is 25.5 Å².